The molecule has 0 spiro atoms. The molecular formula is C65H83F9N8O6. The molecule has 0 aliphatic carbocycles. The number of nitrogens with zero attached hydrogens (tertiary/aromatic N) is 4. The lowest BCUT2D eigenvalue weighted by Crippen LogP contribution is -2.27. The van der Waals surface area contributed by atoms with Crippen molar-refractivity contribution in [1.29, 1.82) is 0 Å². The molecule has 3 aromatic carbocycles. The van der Waals surface area contributed by atoms with Crippen molar-refractivity contribution >= 4 is 46.5 Å². The molecule has 6 rings (SSSR count). The Hall–Kier alpha value is -7.66. The second kappa shape index (κ2) is 29.1. The fourth-order valence-electron chi connectivity index (χ4n) is 9.47. The summed E-state index contributed by atoms with van der Waals surface area (Å²) in [6.07, 6.45) is -12.0. The van der Waals surface area contributed by atoms with Crippen molar-refractivity contribution in [2.45, 2.75) is 177 Å². The number of hydrogen-bond acceptors (Lipinski definition) is 7. The van der Waals surface area contributed by atoms with Gasteiger partial charge >= 0.3 is 18.5 Å². The Bertz CT molecular complexity index is 3420. The number of anilines is 3. The highest BCUT2D eigenvalue weighted by Gasteiger charge is 2.34. The van der Waals surface area contributed by atoms with Gasteiger partial charge in [-0.15, -0.1) is 0 Å². The molecule has 0 aliphatic rings. The van der Waals surface area contributed by atoms with Crippen LogP contribution in [0.1, 0.15) is 177 Å². The molecule has 482 valence electrons. The van der Waals surface area contributed by atoms with Gasteiger partial charge in [-0.05, 0) is 121 Å². The summed E-state index contributed by atoms with van der Waals surface area (Å²) in [4.78, 5) is 66.9. The Morgan fingerprint density at radius 3 is 1.06 bits per heavy atom. The van der Waals surface area contributed by atoms with Crippen molar-refractivity contribution in [3.63, 3.8) is 0 Å². The molecule has 6 aromatic rings. The number of carbonyl (C=O) groups is 5. The number of alkyl halides is 9. The molecule has 23 heteroatoms. The topological polar surface area (TPSA) is 161 Å². The molecule has 3 heterocycles. The van der Waals surface area contributed by atoms with E-state index >= 15 is 0 Å². The normalized spacial score (nSPS) is 12.5. The Labute approximate surface area is 509 Å². The van der Waals surface area contributed by atoms with Gasteiger partial charge in [0.25, 0.3) is 17.7 Å². The highest BCUT2D eigenvalue weighted by Crippen LogP contribution is 2.36. The van der Waals surface area contributed by atoms with Gasteiger partial charge in [0.15, 0.2) is 0 Å². The molecule has 3 aromatic heterocycles. The molecule has 4 N–H and O–H groups in total. The van der Waals surface area contributed by atoms with Crippen molar-refractivity contribution < 1.29 is 68.3 Å². The van der Waals surface area contributed by atoms with Gasteiger partial charge in [-0.1, -0.05) is 80.5 Å². The van der Waals surface area contributed by atoms with Crippen LogP contribution in [0.3, 0.4) is 0 Å². The number of nitrogens with one attached hydrogen (secondary N) is 4. The van der Waals surface area contributed by atoms with Gasteiger partial charge in [0.05, 0.1) is 40.5 Å². The molecule has 0 aliphatic heterocycles. The largest absolute Gasteiger partial charge is 0.416 e. The summed E-state index contributed by atoms with van der Waals surface area (Å²) in [5.74, 6) is -1.58. The van der Waals surface area contributed by atoms with E-state index in [9.17, 15) is 63.5 Å². The molecule has 4 amide bonds. The fourth-order valence-corrected chi connectivity index (χ4v) is 9.47. The van der Waals surface area contributed by atoms with Gasteiger partial charge in [-0.2, -0.15) is 39.5 Å². The van der Waals surface area contributed by atoms with Gasteiger partial charge in [-0.25, -0.2) is 5.06 Å². The van der Waals surface area contributed by atoms with Crippen LogP contribution in [0.4, 0.5) is 56.6 Å². The zero-order valence-corrected chi connectivity index (χ0v) is 53.1. The summed E-state index contributed by atoms with van der Waals surface area (Å²) < 4.78 is 122. The Balaban J connectivity index is 0.000000283. The SMILES string of the molecule is CC(=O)CCn1c(C(C)(C)C)cc(C(=O)Nc2cccc(C(F)(F)F)c2)c1C.CNC(C)CCn1c(C(C)(C)C)cc(C(=O)Nc2cccc(C(F)(F)F)c2)c1C.CON(C)C(=O)CCn1c(C(C)(C)C)cc(C(=O)Nc2cccc(C(F)(F)F)c2)c1C. The second-order valence-corrected chi connectivity index (χ2v) is 24.6. The Morgan fingerprint density at radius 1 is 0.500 bits per heavy atom. The standard InChI is InChI=1S/C22H28F3N3O3.C22H30F3N3O.C21H25F3N2O2/c1-14-17(20(30)26-16-9-7-8-15(12-16)22(23,24)25)13-18(21(2,3)4)28(14)11-10-19(29)27(5)31-6;1-14(26-6)10-11-28-15(2)18(13-19(28)21(3,4)5)20(29)27-17-9-7-8-16(12-17)22(23,24)25;1-13(27)9-10-26-14(2)17(12-18(26)20(3,4)5)19(28)25-16-8-6-7-15(11-16)21(22,23)24/h7-9,12-13H,10-11H2,1-6H3,(H,26,30);7-9,12-14,26H,10-11H2,1-6H3,(H,27,29);6-8,11-12H,9-10H2,1-5H3,(H,25,28). The number of ketones is 1. The quantitative estimate of drug-likeness (QED) is 0.0522. The zero-order valence-electron chi connectivity index (χ0n) is 53.1. The summed E-state index contributed by atoms with van der Waals surface area (Å²) in [7, 11) is 4.82. The molecule has 1 unspecified atom stereocenters. The third-order valence-corrected chi connectivity index (χ3v) is 14.6. The second-order valence-electron chi connectivity index (χ2n) is 24.6. The molecule has 14 nitrogen and oxygen atoms in total. The number of halogens is 9. The summed E-state index contributed by atoms with van der Waals surface area (Å²) in [6.45, 7) is 28.7. The molecule has 0 saturated carbocycles. The average molecular weight is 1240 g/mol. The highest BCUT2D eigenvalue weighted by molar-refractivity contribution is 6.07. The number of carbonyl (C=O) groups excluding carboxylic acids is 5. The van der Waals surface area contributed by atoms with Gasteiger partial charge in [0.1, 0.15) is 5.78 Å². The monoisotopic (exact) mass is 1240 g/mol. The fraction of sp³-hybridized carbons (Fsp3) is 0.462. The summed E-state index contributed by atoms with van der Waals surface area (Å²) in [5.41, 5.74) is 3.10. The third-order valence-electron chi connectivity index (χ3n) is 14.6. The zero-order chi connectivity index (χ0) is 66.8. The predicted molar refractivity (Wildman–Crippen MR) is 325 cm³/mol. The number of amides is 4. The molecule has 0 fully saturated rings. The van der Waals surface area contributed by atoms with Crippen LogP contribution in [0.5, 0.6) is 0 Å². The number of benzene rings is 3. The van der Waals surface area contributed by atoms with Crippen LogP contribution in [0.15, 0.2) is 91.0 Å². The summed E-state index contributed by atoms with van der Waals surface area (Å²) >= 11 is 0. The Kier molecular flexibility index (Phi) is 24.1. The lowest BCUT2D eigenvalue weighted by Gasteiger charge is -2.23. The minimum atomic E-state index is -4.50. The van der Waals surface area contributed by atoms with Crippen molar-refractivity contribution in [2.75, 3.05) is 37.2 Å². The minimum absolute atomic E-state index is 0.0444. The lowest BCUT2D eigenvalue weighted by molar-refractivity contribution is -0.168. The first-order valence-electron chi connectivity index (χ1n) is 28.5. The van der Waals surface area contributed by atoms with Crippen LogP contribution in [0.25, 0.3) is 0 Å². The Morgan fingerprint density at radius 2 is 0.795 bits per heavy atom. The predicted octanol–water partition coefficient (Wildman–Crippen LogP) is 15.5. The van der Waals surface area contributed by atoms with E-state index in [0.29, 0.717) is 53.6 Å². The minimum Gasteiger partial charge on any atom is -0.347 e. The van der Waals surface area contributed by atoms with Crippen LogP contribution in [-0.2, 0) is 68.8 Å². The number of rotatable bonds is 17. The molecule has 0 radical (unpaired) electrons. The van der Waals surface area contributed by atoms with Crippen LogP contribution in [0.2, 0.25) is 0 Å². The number of Topliss-reactive ketones (excluding diaryl/α,β-unsaturated/α-hetero) is 1. The molecule has 0 bridgehead atoms. The smallest absolute Gasteiger partial charge is 0.347 e. The van der Waals surface area contributed by atoms with Crippen molar-refractivity contribution in [2.24, 2.45) is 0 Å². The van der Waals surface area contributed by atoms with E-state index in [2.05, 4.69) is 53.5 Å². The molecule has 1 atom stereocenters. The van der Waals surface area contributed by atoms with E-state index in [1.165, 1.54) is 57.5 Å². The van der Waals surface area contributed by atoms with Gasteiger partial charge in [-0.3, -0.25) is 28.8 Å². The van der Waals surface area contributed by atoms with Gasteiger partial charge < -0.3 is 35.0 Å². The van der Waals surface area contributed by atoms with E-state index in [1.54, 1.807) is 26.0 Å². The first kappa shape index (κ1) is 72.8. The first-order chi connectivity index (χ1) is 40.4. The maximum Gasteiger partial charge on any atom is 0.416 e. The maximum atomic E-state index is 13.0. The summed E-state index contributed by atoms with van der Waals surface area (Å²) in [6, 6.07) is 19.4. The van der Waals surface area contributed by atoms with E-state index in [0.717, 1.165) is 77.2 Å². The van der Waals surface area contributed by atoms with Crippen LogP contribution < -0.4 is 21.3 Å². The van der Waals surface area contributed by atoms with E-state index < -0.39 is 52.9 Å². The van der Waals surface area contributed by atoms with Crippen LogP contribution in [0, 0.1) is 20.8 Å². The molecule has 0 saturated heterocycles. The lowest BCUT2D eigenvalue weighted by atomic mass is 9.91. The van der Waals surface area contributed by atoms with Crippen molar-refractivity contribution in [3.8, 4) is 0 Å². The van der Waals surface area contributed by atoms with E-state index in [1.807, 2.05) is 70.7 Å². The molecule has 88 heavy (non-hydrogen) atoms. The maximum absolute atomic E-state index is 13.0. The first-order valence-corrected chi connectivity index (χ1v) is 28.5. The summed E-state index contributed by atoms with van der Waals surface area (Å²) in [5, 5.41) is 12.1. The molecular weight excluding hydrogens is 1160 g/mol. The van der Waals surface area contributed by atoms with Gasteiger partial charge in [0, 0.05) is 113 Å². The van der Waals surface area contributed by atoms with Crippen molar-refractivity contribution in [1.82, 2.24) is 24.1 Å². The third kappa shape index (κ3) is 19.9. The number of aromatic nitrogens is 3. The number of hydrogen-bond donors (Lipinski definition) is 4. The van der Waals surface area contributed by atoms with E-state index in [4.69, 9.17) is 4.84 Å². The van der Waals surface area contributed by atoms with Crippen LogP contribution in [-0.4, -0.2) is 75.4 Å². The van der Waals surface area contributed by atoms with Crippen LogP contribution >= 0.6 is 0 Å². The highest BCUT2D eigenvalue weighted by atomic mass is 19.4. The number of hydroxylamine groups is 2. The van der Waals surface area contributed by atoms with E-state index in [-0.39, 0.29) is 51.4 Å². The van der Waals surface area contributed by atoms with Gasteiger partial charge in [0.2, 0.25) is 5.91 Å². The van der Waals surface area contributed by atoms with Crippen molar-refractivity contribution in [3.05, 3.63) is 159 Å². The average Bonchev–Trinajstić information content (AvgIpc) is 2.04.